The van der Waals surface area contributed by atoms with E-state index in [9.17, 15) is 4.79 Å². The first-order chi connectivity index (χ1) is 11.3. The molecule has 1 amide bonds. The smallest absolute Gasteiger partial charge is 0.258 e. The average Bonchev–Trinajstić information content (AvgIpc) is 3.20. The van der Waals surface area contributed by atoms with Gasteiger partial charge in [-0.2, -0.15) is 0 Å². The molecule has 6 heteroatoms. The summed E-state index contributed by atoms with van der Waals surface area (Å²) < 4.78 is 5.76. The van der Waals surface area contributed by atoms with Gasteiger partial charge in [0, 0.05) is 10.9 Å². The fourth-order valence-electron chi connectivity index (χ4n) is 3.64. The third kappa shape index (κ3) is 3.04. The van der Waals surface area contributed by atoms with Gasteiger partial charge in [-0.15, -0.1) is 11.3 Å². The maximum absolute atomic E-state index is 12.1. The minimum absolute atomic E-state index is 0.0350. The molecule has 1 saturated carbocycles. The molecule has 2 heterocycles. The molecule has 122 valence electrons. The lowest BCUT2D eigenvalue weighted by molar-refractivity contribution is -0.123. The first-order valence-electron chi connectivity index (χ1n) is 8.48. The predicted octanol–water partition coefficient (Wildman–Crippen LogP) is 3.01. The molecule has 0 spiro atoms. The number of nitrogens with one attached hydrogen (secondary N) is 1. The molecule has 0 unspecified atom stereocenters. The van der Waals surface area contributed by atoms with Crippen molar-refractivity contribution < 1.29 is 9.53 Å². The van der Waals surface area contributed by atoms with Crippen LogP contribution in [0, 0.1) is 0 Å². The summed E-state index contributed by atoms with van der Waals surface area (Å²) in [6, 6.07) is 0.324. The molecule has 2 aliphatic rings. The number of thiophene rings is 1. The normalized spacial score (nSPS) is 18.1. The van der Waals surface area contributed by atoms with Crippen molar-refractivity contribution in [3.8, 4) is 5.88 Å². The molecule has 1 fully saturated rings. The average molecular weight is 331 g/mol. The van der Waals surface area contributed by atoms with Crippen molar-refractivity contribution in [3.05, 3.63) is 16.8 Å². The van der Waals surface area contributed by atoms with Crippen LogP contribution in [0.1, 0.15) is 49.0 Å². The van der Waals surface area contributed by atoms with Gasteiger partial charge in [0.25, 0.3) is 5.91 Å². The lowest BCUT2D eigenvalue weighted by Crippen LogP contribution is -2.36. The fraction of sp³-hybridized carbons (Fsp3) is 0.588. The molecule has 0 bridgehead atoms. The van der Waals surface area contributed by atoms with Gasteiger partial charge in [-0.1, -0.05) is 12.8 Å². The lowest BCUT2D eigenvalue weighted by atomic mass is 9.97. The maximum atomic E-state index is 12.1. The second kappa shape index (κ2) is 6.43. The Labute approximate surface area is 139 Å². The van der Waals surface area contributed by atoms with Crippen LogP contribution in [0.3, 0.4) is 0 Å². The third-order valence-corrected chi connectivity index (χ3v) is 5.98. The van der Waals surface area contributed by atoms with Gasteiger partial charge in [-0.3, -0.25) is 4.79 Å². The zero-order valence-corrected chi connectivity index (χ0v) is 14.0. The van der Waals surface area contributed by atoms with Crippen molar-refractivity contribution in [2.24, 2.45) is 0 Å². The fourth-order valence-corrected chi connectivity index (χ4v) is 4.86. The molecule has 5 nitrogen and oxygen atoms in total. The van der Waals surface area contributed by atoms with E-state index in [-0.39, 0.29) is 12.5 Å². The molecule has 0 aliphatic heterocycles. The Morgan fingerprint density at radius 1 is 1.22 bits per heavy atom. The van der Waals surface area contributed by atoms with Crippen molar-refractivity contribution >= 4 is 27.5 Å². The van der Waals surface area contributed by atoms with Crippen molar-refractivity contribution in [3.63, 3.8) is 0 Å². The van der Waals surface area contributed by atoms with Crippen molar-refractivity contribution in [1.82, 2.24) is 15.3 Å². The Balaban J connectivity index is 1.50. The lowest BCUT2D eigenvalue weighted by Gasteiger charge is -2.13. The zero-order valence-electron chi connectivity index (χ0n) is 13.1. The number of fused-ring (bicyclic) bond motifs is 3. The van der Waals surface area contributed by atoms with Gasteiger partial charge < -0.3 is 10.1 Å². The number of rotatable bonds is 4. The van der Waals surface area contributed by atoms with Gasteiger partial charge >= 0.3 is 0 Å². The third-order valence-electron chi connectivity index (χ3n) is 4.78. The molecule has 1 N–H and O–H groups in total. The van der Waals surface area contributed by atoms with Crippen LogP contribution in [0.25, 0.3) is 10.2 Å². The predicted molar refractivity (Wildman–Crippen MR) is 90.0 cm³/mol. The van der Waals surface area contributed by atoms with E-state index in [1.807, 2.05) is 0 Å². The molecule has 0 saturated heterocycles. The molecule has 2 aromatic heterocycles. The second-order valence-electron chi connectivity index (χ2n) is 6.41. The first-order valence-corrected chi connectivity index (χ1v) is 9.30. The van der Waals surface area contributed by atoms with Crippen LogP contribution < -0.4 is 10.1 Å². The quantitative estimate of drug-likeness (QED) is 0.935. The Hall–Kier alpha value is -1.69. The number of aromatic nitrogens is 2. The highest BCUT2D eigenvalue weighted by Crippen LogP contribution is 2.38. The number of amides is 1. The summed E-state index contributed by atoms with van der Waals surface area (Å²) >= 11 is 1.74. The van der Waals surface area contributed by atoms with Gasteiger partial charge in [-0.25, -0.2) is 9.97 Å². The molecular formula is C17H21N3O2S. The molecule has 23 heavy (non-hydrogen) atoms. The number of ether oxygens (including phenoxy) is 1. The van der Waals surface area contributed by atoms with E-state index in [0.29, 0.717) is 11.9 Å². The molecule has 0 atom stereocenters. The van der Waals surface area contributed by atoms with Crippen LogP contribution >= 0.6 is 11.3 Å². The SMILES string of the molecule is O=C(COc1ncnc2sc3c(c12)CCCC3)NC1CCCC1. The van der Waals surface area contributed by atoms with E-state index in [1.54, 1.807) is 11.3 Å². The Kier molecular flexibility index (Phi) is 4.16. The van der Waals surface area contributed by atoms with Crippen LogP contribution in [0.4, 0.5) is 0 Å². The van der Waals surface area contributed by atoms with Gasteiger partial charge in [0.15, 0.2) is 6.61 Å². The largest absolute Gasteiger partial charge is 0.467 e. The maximum Gasteiger partial charge on any atom is 0.258 e. The van der Waals surface area contributed by atoms with Gasteiger partial charge in [-0.05, 0) is 44.1 Å². The van der Waals surface area contributed by atoms with Crippen LogP contribution in [-0.2, 0) is 17.6 Å². The van der Waals surface area contributed by atoms with E-state index in [0.717, 1.165) is 35.9 Å². The summed E-state index contributed by atoms with van der Waals surface area (Å²) in [7, 11) is 0. The number of hydrogen-bond donors (Lipinski definition) is 1. The Morgan fingerprint density at radius 2 is 2.04 bits per heavy atom. The van der Waals surface area contributed by atoms with Gasteiger partial charge in [0.1, 0.15) is 11.2 Å². The zero-order chi connectivity index (χ0) is 15.6. The molecule has 2 aliphatic carbocycles. The summed E-state index contributed by atoms with van der Waals surface area (Å²) in [6.45, 7) is 0.0350. The highest BCUT2D eigenvalue weighted by Gasteiger charge is 2.22. The summed E-state index contributed by atoms with van der Waals surface area (Å²) in [5.41, 5.74) is 1.34. The number of nitrogens with zero attached hydrogens (tertiary/aromatic N) is 2. The highest BCUT2D eigenvalue weighted by atomic mass is 32.1. The number of carbonyl (C=O) groups excluding carboxylic acids is 1. The molecule has 2 aromatic rings. The minimum atomic E-state index is -0.0484. The summed E-state index contributed by atoms with van der Waals surface area (Å²) in [6.07, 6.45) is 10.8. The van der Waals surface area contributed by atoms with Crippen molar-refractivity contribution in [2.75, 3.05) is 6.61 Å². The van der Waals surface area contributed by atoms with Gasteiger partial charge in [0.05, 0.1) is 5.39 Å². The topological polar surface area (TPSA) is 64.1 Å². The van der Waals surface area contributed by atoms with Crippen molar-refractivity contribution in [2.45, 2.75) is 57.4 Å². The first kappa shape index (κ1) is 14.9. The molecule has 4 rings (SSSR count). The van der Waals surface area contributed by atoms with Crippen LogP contribution in [0.2, 0.25) is 0 Å². The Morgan fingerprint density at radius 3 is 2.91 bits per heavy atom. The van der Waals surface area contributed by atoms with E-state index in [4.69, 9.17) is 4.74 Å². The summed E-state index contributed by atoms with van der Waals surface area (Å²) in [4.78, 5) is 23.1. The standard InChI is InChI=1S/C17H21N3O2S/c21-14(20-11-5-1-2-6-11)9-22-16-15-12-7-3-4-8-13(12)23-17(15)19-10-18-16/h10-11H,1-9H2,(H,20,21). The van der Waals surface area contributed by atoms with E-state index in [1.165, 1.54) is 42.5 Å². The van der Waals surface area contributed by atoms with E-state index < -0.39 is 0 Å². The van der Waals surface area contributed by atoms with Crippen LogP contribution in [0.5, 0.6) is 5.88 Å². The summed E-state index contributed by atoms with van der Waals surface area (Å²) in [5, 5.41) is 4.08. The molecule has 0 aromatic carbocycles. The highest BCUT2D eigenvalue weighted by molar-refractivity contribution is 7.18. The Bertz CT molecular complexity index is 722. The van der Waals surface area contributed by atoms with Crippen molar-refractivity contribution in [1.29, 1.82) is 0 Å². The number of aryl methyl sites for hydroxylation is 2. The van der Waals surface area contributed by atoms with E-state index >= 15 is 0 Å². The van der Waals surface area contributed by atoms with E-state index in [2.05, 4.69) is 15.3 Å². The van der Waals surface area contributed by atoms with Crippen LogP contribution in [0.15, 0.2) is 6.33 Å². The second-order valence-corrected chi connectivity index (χ2v) is 7.49. The molecule has 0 radical (unpaired) electrons. The van der Waals surface area contributed by atoms with Crippen LogP contribution in [-0.4, -0.2) is 28.5 Å². The molecular weight excluding hydrogens is 310 g/mol. The monoisotopic (exact) mass is 331 g/mol. The minimum Gasteiger partial charge on any atom is -0.467 e. The van der Waals surface area contributed by atoms with Gasteiger partial charge in [0.2, 0.25) is 5.88 Å². The summed E-state index contributed by atoms with van der Waals surface area (Å²) in [5.74, 6) is 0.517. The number of carbonyl (C=O) groups is 1. The number of hydrogen-bond acceptors (Lipinski definition) is 5.